The average molecular weight is 302 g/mol. The second-order valence-corrected chi connectivity index (χ2v) is 6.16. The summed E-state index contributed by atoms with van der Waals surface area (Å²) in [6, 6.07) is 3.58. The average Bonchev–Trinajstić information content (AvgIpc) is 2.42. The first kappa shape index (κ1) is 18.1. The van der Waals surface area contributed by atoms with Crippen LogP contribution in [0.4, 0.5) is 0 Å². The third-order valence-electron chi connectivity index (χ3n) is 3.71. The lowest BCUT2D eigenvalue weighted by molar-refractivity contribution is 0.0692. The molecule has 0 aromatic heterocycles. The first-order chi connectivity index (χ1) is 10.3. The molecule has 1 aromatic carbocycles. The highest BCUT2D eigenvalue weighted by Gasteiger charge is 2.19. The molecule has 120 valence electrons. The monoisotopic (exact) mass is 302 g/mol. The number of allylic oxidation sites excluding steroid dienone is 1. The lowest BCUT2D eigenvalue weighted by atomic mass is 9.93. The lowest BCUT2D eigenvalue weighted by Gasteiger charge is -2.10. The molecule has 0 aliphatic heterocycles. The van der Waals surface area contributed by atoms with E-state index in [9.17, 15) is 14.7 Å². The summed E-state index contributed by atoms with van der Waals surface area (Å²) in [6.07, 6.45) is 8.25. The lowest BCUT2D eigenvalue weighted by Crippen LogP contribution is -2.10. The zero-order valence-electron chi connectivity index (χ0n) is 14.0. The molecule has 0 saturated carbocycles. The Bertz CT molecular complexity index is 568. The molecule has 0 amide bonds. The van der Waals surface area contributed by atoms with E-state index >= 15 is 0 Å². The number of aryl methyl sites for hydroxylation is 1. The number of carbonyl (C=O) groups is 2. The van der Waals surface area contributed by atoms with Crippen molar-refractivity contribution in [2.24, 2.45) is 5.92 Å². The van der Waals surface area contributed by atoms with E-state index in [-0.39, 0.29) is 11.3 Å². The number of carboxylic acid groups (broad SMARTS) is 1. The molecule has 0 radical (unpaired) electrons. The Morgan fingerprint density at radius 2 is 1.86 bits per heavy atom. The van der Waals surface area contributed by atoms with Crippen molar-refractivity contribution >= 4 is 17.8 Å². The Morgan fingerprint density at radius 3 is 2.41 bits per heavy atom. The number of aromatic carboxylic acids is 1. The Hall–Kier alpha value is -1.90. The van der Waals surface area contributed by atoms with Gasteiger partial charge < -0.3 is 5.11 Å². The zero-order chi connectivity index (χ0) is 16.7. The fraction of sp³-hybridized carbons (Fsp3) is 0.474. The van der Waals surface area contributed by atoms with Gasteiger partial charge in [0.05, 0.1) is 5.56 Å². The highest BCUT2D eigenvalue weighted by molar-refractivity contribution is 6.07. The van der Waals surface area contributed by atoms with Crippen LogP contribution in [-0.2, 0) is 0 Å². The van der Waals surface area contributed by atoms with Gasteiger partial charge in [0.2, 0.25) is 0 Å². The van der Waals surface area contributed by atoms with Gasteiger partial charge in [-0.05, 0) is 43.7 Å². The highest BCUT2D eigenvalue weighted by atomic mass is 16.4. The van der Waals surface area contributed by atoms with Crippen LogP contribution < -0.4 is 0 Å². The van der Waals surface area contributed by atoms with Gasteiger partial charge in [0.25, 0.3) is 0 Å². The molecule has 1 N–H and O–H groups in total. The number of carboxylic acids is 1. The molecule has 0 fully saturated rings. The van der Waals surface area contributed by atoms with E-state index < -0.39 is 5.97 Å². The van der Waals surface area contributed by atoms with Gasteiger partial charge in [-0.15, -0.1) is 0 Å². The molecule has 0 spiro atoms. The Morgan fingerprint density at radius 1 is 1.18 bits per heavy atom. The Balaban J connectivity index is 2.89. The maximum atomic E-state index is 11.7. The van der Waals surface area contributed by atoms with Crippen LogP contribution in [0.15, 0.2) is 18.2 Å². The van der Waals surface area contributed by atoms with Crippen molar-refractivity contribution in [3.8, 4) is 0 Å². The maximum Gasteiger partial charge on any atom is 0.337 e. The number of Topliss-reactive ketones (excluding diaryl/α,β-unsaturated/α-hetero) is 1. The van der Waals surface area contributed by atoms with Gasteiger partial charge in [-0.3, -0.25) is 4.79 Å². The van der Waals surface area contributed by atoms with Crippen molar-refractivity contribution in [1.29, 1.82) is 0 Å². The molecule has 22 heavy (non-hydrogen) atoms. The summed E-state index contributed by atoms with van der Waals surface area (Å²) in [5.74, 6) is -0.534. The zero-order valence-corrected chi connectivity index (χ0v) is 14.0. The van der Waals surface area contributed by atoms with E-state index in [4.69, 9.17) is 0 Å². The smallest absolute Gasteiger partial charge is 0.337 e. The summed E-state index contributed by atoms with van der Waals surface area (Å²) in [6.45, 7) is 7.60. The summed E-state index contributed by atoms with van der Waals surface area (Å²) < 4.78 is 0. The van der Waals surface area contributed by atoms with Gasteiger partial charge in [0.1, 0.15) is 0 Å². The van der Waals surface area contributed by atoms with Crippen LogP contribution in [0.3, 0.4) is 0 Å². The number of hydrogen-bond acceptors (Lipinski definition) is 2. The van der Waals surface area contributed by atoms with Crippen molar-refractivity contribution in [3.05, 3.63) is 40.5 Å². The molecule has 0 aliphatic rings. The SMILES string of the molecule is CC(=O)c1c(C)ccc(C=CCCCCC(C)C)c1C(=O)O. The largest absolute Gasteiger partial charge is 0.478 e. The second kappa shape index (κ2) is 8.52. The molecule has 0 atom stereocenters. The number of ketones is 1. The number of unbranched alkanes of at least 4 members (excludes halogenated alkanes) is 2. The number of hydrogen-bond donors (Lipinski definition) is 1. The molecule has 0 aliphatic carbocycles. The topological polar surface area (TPSA) is 54.4 Å². The minimum absolute atomic E-state index is 0.117. The summed E-state index contributed by atoms with van der Waals surface area (Å²) in [4.78, 5) is 23.3. The van der Waals surface area contributed by atoms with E-state index in [0.717, 1.165) is 18.8 Å². The van der Waals surface area contributed by atoms with Gasteiger partial charge in [-0.1, -0.05) is 51.0 Å². The summed E-state index contributed by atoms with van der Waals surface area (Å²) in [7, 11) is 0. The molecule has 3 heteroatoms. The molecule has 0 unspecified atom stereocenters. The van der Waals surface area contributed by atoms with Crippen LogP contribution in [0.25, 0.3) is 6.08 Å². The van der Waals surface area contributed by atoms with Crippen LogP contribution >= 0.6 is 0 Å². The first-order valence-corrected chi connectivity index (χ1v) is 7.89. The second-order valence-electron chi connectivity index (χ2n) is 6.16. The van der Waals surface area contributed by atoms with E-state index in [2.05, 4.69) is 13.8 Å². The van der Waals surface area contributed by atoms with E-state index in [1.165, 1.54) is 19.8 Å². The van der Waals surface area contributed by atoms with Crippen LogP contribution in [0.5, 0.6) is 0 Å². The predicted molar refractivity (Wildman–Crippen MR) is 90.5 cm³/mol. The van der Waals surface area contributed by atoms with Crippen LogP contribution in [0, 0.1) is 12.8 Å². The van der Waals surface area contributed by atoms with Gasteiger partial charge >= 0.3 is 5.97 Å². The molecule has 0 heterocycles. The van der Waals surface area contributed by atoms with Crippen molar-refractivity contribution in [3.63, 3.8) is 0 Å². The third kappa shape index (κ3) is 5.14. The molecule has 0 saturated heterocycles. The minimum Gasteiger partial charge on any atom is -0.478 e. The quantitative estimate of drug-likeness (QED) is 0.535. The van der Waals surface area contributed by atoms with Crippen molar-refractivity contribution in [1.82, 2.24) is 0 Å². The molecular weight excluding hydrogens is 276 g/mol. The molecule has 1 rings (SSSR count). The first-order valence-electron chi connectivity index (χ1n) is 7.89. The molecule has 0 bridgehead atoms. The molecule has 3 nitrogen and oxygen atoms in total. The number of benzene rings is 1. The standard InChI is InChI=1S/C19H26O3/c1-13(2)9-7-5-6-8-10-16-12-11-14(3)17(15(4)20)18(16)19(21)22/h8,10-13H,5-7,9H2,1-4H3,(H,21,22). The van der Waals surface area contributed by atoms with Gasteiger partial charge in [-0.2, -0.15) is 0 Å². The van der Waals surface area contributed by atoms with E-state index in [0.29, 0.717) is 16.7 Å². The highest BCUT2D eigenvalue weighted by Crippen LogP contribution is 2.22. The van der Waals surface area contributed by atoms with Crippen LogP contribution in [0.1, 0.15) is 78.3 Å². The fourth-order valence-corrected chi connectivity index (χ4v) is 2.57. The summed E-state index contributed by atoms with van der Waals surface area (Å²) in [5, 5.41) is 9.44. The predicted octanol–water partition coefficient (Wildman–Crippen LogP) is 5.13. The maximum absolute atomic E-state index is 11.7. The number of carbonyl (C=O) groups excluding carboxylic acids is 1. The van der Waals surface area contributed by atoms with Gasteiger partial charge in [-0.25, -0.2) is 4.79 Å². The van der Waals surface area contributed by atoms with Crippen molar-refractivity contribution in [2.75, 3.05) is 0 Å². The fourth-order valence-electron chi connectivity index (χ4n) is 2.57. The van der Waals surface area contributed by atoms with Crippen molar-refractivity contribution < 1.29 is 14.7 Å². The van der Waals surface area contributed by atoms with E-state index in [1.807, 2.05) is 18.2 Å². The summed E-state index contributed by atoms with van der Waals surface area (Å²) in [5.41, 5.74) is 1.74. The van der Waals surface area contributed by atoms with E-state index in [1.54, 1.807) is 13.0 Å². The van der Waals surface area contributed by atoms with Gasteiger partial charge in [0, 0.05) is 5.56 Å². The number of rotatable bonds is 8. The van der Waals surface area contributed by atoms with Crippen LogP contribution in [-0.4, -0.2) is 16.9 Å². The normalized spacial score (nSPS) is 11.3. The Kier molecular flexibility index (Phi) is 7.03. The third-order valence-corrected chi connectivity index (χ3v) is 3.71. The van der Waals surface area contributed by atoms with Gasteiger partial charge in [0.15, 0.2) is 5.78 Å². The minimum atomic E-state index is -1.05. The summed E-state index contributed by atoms with van der Waals surface area (Å²) >= 11 is 0. The van der Waals surface area contributed by atoms with Crippen LogP contribution in [0.2, 0.25) is 0 Å². The molecule has 1 aromatic rings. The van der Waals surface area contributed by atoms with Crippen molar-refractivity contribution in [2.45, 2.75) is 53.4 Å². The Labute approximate surface area is 133 Å². The molecular formula is C19H26O3.